The smallest absolute Gasteiger partial charge is 0.306 e. The maximum Gasteiger partial charge on any atom is 0.306 e. The second-order valence-electron chi connectivity index (χ2n) is 14.9. The van der Waals surface area contributed by atoms with E-state index in [1.807, 2.05) is 21.1 Å². The number of ether oxygens (including phenoxy) is 4. The lowest BCUT2D eigenvalue weighted by Crippen LogP contribution is -2.44. The first-order chi connectivity index (χ1) is 23.6. The van der Waals surface area contributed by atoms with E-state index in [1.54, 1.807) is 0 Å². The van der Waals surface area contributed by atoms with Gasteiger partial charge in [0.15, 0.2) is 12.4 Å². The molecule has 2 atom stereocenters. The molecule has 9 nitrogen and oxygen atoms in total. The van der Waals surface area contributed by atoms with Crippen LogP contribution >= 0.6 is 0 Å². The summed E-state index contributed by atoms with van der Waals surface area (Å²) in [5, 5.41) is 11.6. The van der Waals surface area contributed by atoms with Crippen LogP contribution in [0.4, 0.5) is 0 Å². The Balaban J connectivity index is 4.31. The molecule has 0 heterocycles. The van der Waals surface area contributed by atoms with Crippen molar-refractivity contribution in [3.8, 4) is 0 Å². The first kappa shape index (κ1) is 47.3. The highest BCUT2D eigenvalue weighted by atomic mass is 16.7. The van der Waals surface area contributed by atoms with E-state index in [0.29, 0.717) is 17.4 Å². The van der Waals surface area contributed by atoms with Crippen molar-refractivity contribution < 1.29 is 42.9 Å². The molecule has 0 saturated heterocycles. The monoisotopic (exact) mass is 700 g/mol. The minimum Gasteiger partial charge on any atom is -0.545 e. The number of nitrogens with zero attached hydrogens (tertiary/aromatic N) is 1. The number of carboxylic acid groups (broad SMARTS) is 1. The zero-order chi connectivity index (χ0) is 36.4. The molecule has 0 fully saturated rings. The number of carbonyl (C=O) groups excluding carboxylic acids is 3. The first-order valence-electron chi connectivity index (χ1n) is 20.2. The van der Waals surface area contributed by atoms with Gasteiger partial charge >= 0.3 is 11.9 Å². The van der Waals surface area contributed by atoms with E-state index in [1.165, 1.54) is 109 Å². The largest absolute Gasteiger partial charge is 0.545 e. The molecule has 0 radical (unpaired) electrons. The second-order valence-corrected chi connectivity index (χ2v) is 14.9. The van der Waals surface area contributed by atoms with E-state index in [2.05, 4.69) is 13.8 Å². The molecule has 0 aliphatic heterocycles. The minimum atomic E-state index is -1.61. The lowest BCUT2D eigenvalue weighted by atomic mass is 10.0. The Morgan fingerprint density at radius 2 is 0.918 bits per heavy atom. The summed E-state index contributed by atoms with van der Waals surface area (Å²) in [4.78, 5) is 36.6. The molecule has 0 amide bonds. The highest BCUT2D eigenvalue weighted by Gasteiger charge is 2.21. The fourth-order valence-electron chi connectivity index (χ4n) is 5.65. The van der Waals surface area contributed by atoms with Gasteiger partial charge in [-0.25, -0.2) is 0 Å². The Kier molecular flexibility index (Phi) is 32.3. The molecular weight excluding hydrogens is 622 g/mol. The van der Waals surface area contributed by atoms with Crippen molar-refractivity contribution >= 4 is 17.9 Å². The summed E-state index contributed by atoms with van der Waals surface area (Å²) in [5.41, 5.74) is 0. The van der Waals surface area contributed by atoms with Crippen molar-refractivity contribution in [2.45, 2.75) is 193 Å². The van der Waals surface area contributed by atoms with Crippen LogP contribution in [0.15, 0.2) is 0 Å². The average Bonchev–Trinajstić information content (AvgIpc) is 3.05. The zero-order valence-corrected chi connectivity index (χ0v) is 32.6. The maximum atomic E-state index is 12.6. The number of hydrogen-bond acceptors (Lipinski definition) is 8. The number of unbranched alkanes of at least 4 members (excludes halogenated alkanes) is 22. The van der Waals surface area contributed by atoms with Crippen molar-refractivity contribution in [3.05, 3.63) is 0 Å². The molecular formula is C40H77NO8. The molecule has 0 saturated carbocycles. The molecule has 2 unspecified atom stereocenters. The standard InChI is InChI=1S/C40H77NO8/c1-6-8-10-12-14-15-16-17-18-19-20-21-22-23-24-25-27-29-31-38(43)49-36(34-47-37(42)30-28-26-13-11-9-7-2)35-48-40(39(44)45)46-33-32-41(3,4)5/h36,40H,6-35H2,1-5H3. The van der Waals surface area contributed by atoms with Crippen LogP contribution in [0.5, 0.6) is 0 Å². The fraction of sp³-hybridized carbons (Fsp3) is 0.925. The van der Waals surface area contributed by atoms with Crippen molar-refractivity contribution in [1.82, 2.24) is 0 Å². The average molecular weight is 700 g/mol. The van der Waals surface area contributed by atoms with Gasteiger partial charge < -0.3 is 33.3 Å². The van der Waals surface area contributed by atoms with E-state index in [4.69, 9.17) is 18.9 Å². The number of aliphatic carboxylic acids is 1. The third-order valence-corrected chi connectivity index (χ3v) is 8.85. The van der Waals surface area contributed by atoms with E-state index < -0.39 is 24.3 Å². The van der Waals surface area contributed by atoms with Gasteiger partial charge in [0, 0.05) is 12.8 Å². The lowest BCUT2D eigenvalue weighted by molar-refractivity contribution is -0.870. The number of hydrogen-bond donors (Lipinski definition) is 0. The Bertz CT molecular complexity index is 785. The molecule has 0 rings (SSSR count). The molecule has 0 aliphatic carbocycles. The molecule has 0 bridgehead atoms. The summed E-state index contributed by atoms with van der Waals surface area (Å²) < 4.78 is 22.4. The summed E-state index contributed by atoms with van der Waals surface area (Å²) in [6, 6.07) is 0. The van der Waals surface area contributed by atoms with Gasteiger partial charge in [0.05, 0.1) is 40.3 Å². The van der Waals surface area contributed by atoms with Gasteiger partial charge in [-0.05, 0) is 12.8 Å². The molecule has 49 heavy (non-hydrogen) atoms. The van der Waals surface area contributed by atoms with Crippen LogP contribution in [0.2, 0.25) is 0 Å². The van der Waals surface area contributed by atoms with Crippen LogP contribution in [0.3, 0.4) is 0 Å². The number of quaternary nitrogens is 1. The van der Waals surface area contributed by atoms with Crippen LogP contribution in [0.25, 0.3) is 0 Å². The predicted octanol–water partition coefficient (Wildman–Crippen LogP) is 8.44. The van der Waals surface area contributed by atoms with Gasteiger partial charge in [0.25, 0.3) is 0 Å². The second kappa shape index (κ2) is 33.4. The minimum absolute atomic E-state index is 0.152. The third kappa shape index (κ3) is 34.5. The van der Waals surface area contributed by atoms with Gasteiger partial charge in [-0.2, -0.15) is 0 Å². The molecule has 0 spiro atoms. The van der Waals surface area contributed by atoms with Gasteiger partial charge in [-0.15, -0.1) is 0 Å². The van der Waals surface area contributed by atoms with Crippen molar-refractivity contribution in [1.29, 1.82) is 0 Å². The Labute approximate surface area is 301 Å². The van der Waals surface area contributed by atoms with E-state index in [0.717, 1.165) is 44.9 Å². The summed E-state index contributed by atoms with van der Waals surface area (Å²) in [7, 11) is 5.90. The summed E-state index contributed by atoms with van der Waals surface area (Å²) in [5.74, 6) is -2.28. The van der Waals surface area contributed by atoms with Crippen LogP contribution in [-0.4, -0.2) is 82.3 Å². The van der Waals surface area contributed by atoms with Gasteiger partial charge in [-0.1, -0.05) is 155 Å². The topological polar surface area (TPSA) is 111 Å². The Hall–Kier alpha value is -1.71. The number of likely N-dealkylation sites (N-methyl/N-ethyl adjacent to an activating group) is 1. The normalized spacial score (nSPS) is 12.9. The maximum absolute atomic E-state index is 12.6. The van der Waals surface area contributed by atoms with Crippen molar-refractivity contribution in [2.24, 2.45) is 0 Å². The third-order valence-electron chi connectivity index (χ3n) is 8.85. The van der Waals surface area contributed by atoms with E-state index in [-0.39, 0.29) is 32.2 Å². The molecule has 290 valence electrons. The highest BCUT2D eigenvalue weighted by Crippen LogP contribution is 2.15. The fourth-order valence-corrected chi connectivity index (χ4v) is 5.65. The number of rotatable bonds is 37. The van der Waals surface area contributed by atoms with Crippen molar-refractivity contribution in [3.63, 3.8) is 0 Å². The Morgan fingerprint density at radius 3 is 1.31 bits per heavy atom. The Morgan fingerprint density at radius 1 is 0.531 bits per heavy atom. The van der Waals surface area contributed by atoms with Gasteiger partial charge in [-0.3, -0.25) is 9.59 Å². The molecule has 0 aliphatic rings. The molecule has 0 aromatic carbocycles. The van der Waals surface area contributed by atoms with Gasteiger partial charge in [0.1, 0.15) is 13.2 Å². The molecule has 0 N–H and O–H groups in total. The quantitative estimate of drug-likeness (QED) is 0.0275. The molecule has 9 heteroatoms. The highest BCUT2D eigenvalue weighted by molar-refractivity contribution is 5.70. The first-order valence-corrected chi connectivity index (χ1v) is 20.2. The summed E-state index contributed by atoms with van der Waals surface area (Å²) >= 11 is 0. The van der Waals surface area contributed by atoms with Crippen LogP contribution < -0.4 is 5.11 Å². The van der Waals surface area contributed by atoms with Crippen LogP contribution in [0, 0.1) is 0 Å². The predicted molar refractivity (Wildman–Crippen MR) is 196 cm³/mol. The van der Waals surface area contributed by atoms with E-state index in [9.17, 15) is 19.5 Å². The lowest BCUT2D eigenvalue weighted by Gasteiger charge is -2.26. The summed E-state index contributed by atoms with van der Waals surface area (Å²) in [6.07, 6.45) is 27.3. The number of carbonyl (C=O) groups is 3. The van der Waals surface area contributed by atoms with Crippen LogP contribution in [-0.2, 0) is 33.3 Å². The van der Waals surface area contributed by atoms with E-state index >= 15 is 0 Å². The zero-order valence-electron chi connectivity index (χ0n) is 32.6. The van der Waals surface area contributed by atoms with Gasteiger partial charge in [0.2, 0.25) is 0 Å². The van der Waals surface area contributed by atoms with Crippen molar-refractivity contribution in [2.75, 3.05) is 47.5 Å². The molecule has 0 aromatic rings. The van der Waals surface area contributed by atoms with Crippen LogP contribution in [0.1, 0.15) is 181 Å². The number of carboxylic acids is 1. The number of esters is 2. The SMILES string of the molecule is CCCCCCCCCCCCCCCCCCCCC(=O)OC(COC(=O)CCCCCCCC)COC(OCC[N+](C)(C)C)C(=O)[O-]. The summed E-state index contributed by atoms with van der Waals surface area (Å²) in [6.45, 7) is 4.68. The molecule has 0 aromatic heterocycles.